The minimum absolute atomic E-state index is 0.0503. The first-order valence-corrected chi connectivity index (χ1v) is 7.28. The van der Waals surface area contributed by atoms with E-state index in [9.17, 15) is 18.0 Å². The molecule has 0 amide bonds. The number of alkyl halides is 3. The molecule has 0 aliphatic rings. The third-order valence-electron chi connectivity index (χ3n) is 2.92. The number of rotatable bonds is 6. The second kappa shape index (κ2) is 7.53. The fraction of sp³-hybridized carbons (Fsp3) is 0.500. The van der Waals surface area contributed by atoms with E-state index in [1.54, 1.807) is 13.8 Å². The Labute approximate surface area is 136 Å². The summed E-state index contributed by atoms with van der Waals surface area (Å²) in [5.74, 6) is -1.42. The molecule has 8 heteroatoms. The molecule has 1 rings (SSSR count). The quantitative estimate of drug-likeness (QED) is 0.776. The molecule has 0 spiro atoms. The molecule has 0 aliphatic carbocycles. The predicted molar refractivity (Wildman–Crippen MR) is 79.3 cm³/mol. The lowest BCUT2D eigenvalue weighted by Gasteiger charge is -2.27. The van der Waals surface area contributed by atoms with Gasteiger partial charge in [-0.05, 0) is 36.1 Å². The van der Waals surface area contributed by atoms with E-state index in [1.807, 2.05) is 0 Å². The Bertz CT molecular complexity index is 515. The monoisotopic (exact) mass is 357 g/mol. The van der Waals surface area contributed by atoms with E-state index in [4.69, 9.17) is 28.3 Å². The molecule has 0 saturated heterocycles. The van der Waals surface area contributed by atoms with Crippen molar-refractivity contribution in [3.05, 3.63) is 33.8 Å². The standard InChI is InChI=1S/C14H16Cl2F3NO2/c1-7(2)3-11(13(21)22)20-12(14(17,18)19)8-4-9(15)6-10(16)5-8/h4-7,11-12,20H,3H2,1-2H3,(H,21,22). The average Bonchev–Trinajstić information content (AvgIpc) is 2.30. The maximum absolute atomic E-state index is 13.3. The summed E-state index contributed by atoms with van der Waals surface area (Å²) >= 11 is 11.5. The van der Waals surface area contributed by atoms with Gasteiger partial charge < -0.3 is 5.11 Å². The number of nitrogens with one attached hydrogen (secondary N) is 1. The maximum Gasteiger partial charge on any atom is 0.407 e. The number of halogens is 5. The first kappa shape index (κ1) is 19.1. The molecular formula is C14H16Cl2F3NO2. The van der Waals surface area contributed by atoms with Crippen LogP contribution in [-0.2, 0) is 4.79 Å². The van der Waals surface area contributed by atoms with Gasteiger partial charge in [-0.3, -0.25) is 10.1 Å². The Morgan fingerprint density at radius 2 is 1.73 bits per heavy atom. The molecule has 0 saturated carbocycles. The molecule has 0 aromatic heterocycles. The summed E-state index contributed by atoms with van der Waals surface area (Å²) in [5.41, 5.74) is -0.222. The van der Waals surface area contributed by atoms with Gasteiger partial charge in [0, 0.05) is 10.0 Å². The van der Waals surface area contributed by atoms with Gasteiger partial charge in [0.15, 0.2) is 0 Å². The number of hydrogen-bond donors (Lipinski definition) is 2. The molecule has 0 fully saturated rings. The molecule has 1 aromatic carbocycles. The number of carboxylic acids is 1. The van der Waals surface area contributed by atoms with Crippen molar-refractivity contribution in [3.8, 4) is 0 Å². The van der Waals surface area contributed by atoms with Gasteiger partial charge in [0.25, 0.3) is 0 Å². The number of carboxylic acid groups (broad SMARTS) is 1. The molecule has 0 radical (unpaired) electrons. The van der Waals surface area contributed by atoms with Crippen molar-refractivity contribution in [3.63, 3.8) is 0 Å². The Kier molecular flexibility index (Phi) is 6.52. The fourth-order valence-electron chi connectivity index (χ4n) is 2.03. The number of aliphatic carboxylic acids is 1. The molecule has 2 N–H and O–H groups in total. The molecule has 0 bridgehead atoms. The Morgan fingerprint density at radius 3 is 2.09 bits per heavy atom. The smallest absolute Gasteiger partial charge is 0.407 e. The summed E-state index contributed by atoms with van der Waals surface area (Å²) in [4.78, 5) is 11.2. The van der Waals surface area contributed by atoms with E-state index in [0.29, 0.717) is 0 Å². The SMILES string of the molecule is CC(C)CC(NC(c1cc(Cl)cc(Cl)c1)C(F)(F)F)C(=O)O. The minimum atomic E-state index is -4.68. The van der Waals surface area contributed by atoms with Crippen molar-refractivity contribution in [1.29, 1.82) is 0 Å². The van der Waals surface area contributed by atoms with Crippen molar-refractivity contribution in [2.24, 2.45) is 5.92 Å². The first-order valence-electron chi connectivity index (χ1n) is 6.52. The summed E-state index contributed by atoms with van der Waals surface area (Å²) in [5, 5.41) is 11.4. The maximum atomic E-state index is 13.3. The van der Waals surface area contributed by atoms with Gasteiger partial charge in [-0.1, -0.05) is 37.0 Å². The fourth-order valence-corrected chi connectivity index (χ4v) is 2.58. The Balaban J connectivity index is 3.15. The molecule has 124 valence electrons. The van der Waals surface area contributed by atoms with Gasteiger partial charge in [0.05, 0.1) is 0 Å². The summed E-state index contributed by atoms with van der Waals surface area (Å²) < 4.78 is 39.9. The summed E-state index contributed by atoms with van der Waals surface area (Å²) in [6.45, 7) is 3.47. The zero-order chi connectivity index (χ0) is 17.1. The highest BCUT2D eigenvalue weighted by Crippen LogP contribution is 2.35. The van der Waals surface area contributed by atoms with Gasteiger partial charge in [-0.25, -0.2) is 0 Å². The molecule has 2 unspecified atom stereocenters. The van der Waals surface area contributed by atoms with Crippen molar-refractivity contribution in [2.75, 3.05) is 0 Å². The Hall–Kier alpha value is -0.980. The van der Waals surface area contributed by atoms with Crippen molar-refractivity contribution in [1.82, 2.24) is 5.32 Å². The first-order chi connectivity index (χ1) is 10.0. The van der Waals surface area contributed by atoms with Gasteiger partial charge in [0.2, 0.25) is 0 Å². The number of hydrogen-bond acceptors (Lipinski definition) is 2. The molecule has 1 aromatic rings. The summed E-state index contributed by atoms with van der Waals surface area (Å²) in [6, 6.07) is 0.0516. The number of benzene rings is 1. The van der Waals surface area contributed by atoms with Gasteiger partial charge in [0.1, 0.15) is 12.1 Å². The predicted octanol–water partition coefficient (Wildman–Crippen LogP) is 4.69. The second-order valence-electron chi connectivity index (χ2n) is 5.36. The van der Waals surface area contributed by atoms with E-state index in [1.165, 1.54) is 6.07 Å². The lowest BCUT2D eigenvalue weighted by atomic mass is 10.0. The van der Waals surface area contributed by atoms with Crippen LogP contribution in [0.25, 0.3) is 0 Å². The van der Waals surface area contributed by atoms with Gasteiger partial charge >= 0.3 is 12.1 Å². The molecule has 22 heavy (non-hydrogen) atoms. The molecule has 0 aliphatic heterocycles. The lowest BCUT2D eigenvalue weighted by Crippen LogP contribution is -2.45. The molecule has 3 nitrogen and oxygen atoms in total. The van der Waals surface area contributed by atoms with Crippen LogP contribution in [0.4, 0.5) is 13.2 Å². The summed E-state index contributed by atoms with van der Waals surface area (Å²) in [7, 11) is 0. The Morgan fingerprint density at radius 1 is 1.23 bits per heavy atom. The van der Waals surface area contributed by atoms with E-state index in [-0.39, 0.29) is 27.9 Å². The summed E-state index contributed by atoms with van der Waals surface area (Å²) in [6.07, 6.45) is -4.62. The van der Waals surface area contributed by atoms with E-state index in [0.717, 1.165) is 12.1 Å². The van der Waals surface area contributed by atoms with Crippen LogP contribution in [0.15, 0.2) is 18.2 Å². The van der Waals surface area contributed by atoms with Crippen LogP contribution in [0.2, 0.25) is 10.0 Å². The van der Waals surface area contributed by atoms with E-state index >= 15 is 0 Å². The molecular weight excluding hydrogens is 342 g/mol. The van der Waals surface area contributed by atoms with Crippen molar-refractivity contribution >= 4 is 29.2 Å². The topological polar surface area (TPSA) is 49.3 Å². The highest BCUT2D eigenvalue weighted by molar-refractivity contribution is 6.34. The van der Waals surface area contributed by atoms with Crippen molar-refractivity contribution in [2.45, 2.75) is 38.5 Å². The normalized spacial score (nSPS) is 14.9. The van der Waals surface area contributed by atoms with Crippen LogP contribution in [0.1, 0.15) is 31.9 Å². The molecule has 2 atom stereocenters. The van der Waals surface area contributed by atoms with E-state index in [2.05, 4.69) is 5.32 Å². The van der Waals surface area contributed by atoms with Crippen LogP contribution in [0, 0.1) is 5.92 Å². The highest BCUT2D eigenvalue weighted by atomic mass is 35.5. The van der Waals surface area contributed by atoms with E-state index < -0.39 is 24.2 Å². The highest BCUT2D eigenvalue weighted by Gasteiger charge is 2.43. The van der Waals surface area contributed by atoms with Crippen LogP contribution in [0.5, 0.6) is 0 Å². The van der Waals surface area contributed by atoms with Crippen LogP contribution in [-0.4, -0.2) is 23.3 Å². The van der Waals surface area contributed by atoms with Gasteiger partial charge in [-0.2, -0.15) is 13.2 Å². The van der Waals surface area contributed by atoms with Crippen LogP contribution < -0.4 is 5.32 Å². The zero-order valence-electron chi connectivity index (χ0n) is 11.9. The zero-order valence-corrected chi connectivity index (χ0v) is 13.4. The van der Waals surface area contributed by atoms with Gasteiger partial charge in [-0.15, -0.1) is 0 Å². The number of carbonyl (C=O) groups is 1. The van der Waals surface area contributed by atoms with Crippen molar-refractivity contribution < 1.29 is 23.1 Å². The minimum Gasteiger partial charge on any atom is -0.480 e. The second-order valence-corrected chi connectivity index (χ2v) is 6.24. The lowest BCUT2D eigenvalue weighted by molar-refractivity contribution is -0.163. The molecule has 0 heterocycles. The third-order valence-corrected chi connectivity index (χ3v) is 3.36. The van der Waals surface area contributed by atoms with Crippen LogP contribution >= 0.6 is 23.2 Å². The largest absolute Gasteiger partial charge is 0.480 e. The average molecular weight is 358 g/mol. The van der Waals surface area contributed by atoms with Crippen LogP contribution in [0.3, 0.4) is 0 Å². The third kappa shape index (κ3) is 5.66.